The third kappa shape index (κ3) is 4.61. The Labute approximate surface area is 132 Å². The van der Waals surface area contributed by atoms with Crippen LogP contribution in [0.1, 0.15) is 37.8 Å². The van der Waals surface area contributed by atoms with E-state index >= 15 is 0 Å². The van der Waals surface area contributed by atoms with Gasteiger partial charge in [0.15, 0.2) is 6.10 Å². The molecule has 118 valence electrons. The average Bonchev–Trinajstić information content (AvgIpc) is 2.44. The van der Waals surface area contributed by atoms with Gasteiger partial charge in [-0.25, -0.2) is 4.79 Å². The van der Waals surface area contributed by atoms with Crippen molar-refractivity contribution in [1.82, 2.24) is 0 Å². The van der Waals surface area contributed by atoms with Gasteiger partial charge >= 0.3 is 5.97 Å². The molecule has 1 aromatic rings. The van der Waals surface area contributed by atoms with Crippen molar-refractivity contribution in [3.05, 3.63) is 29.3 Å². The van der Waals surface area contributed by atoms with Gasteiger partial charge in [0.1, 0.15) is 5.75 Å². The third-order valence-electron chi connectivity index (χ3n) is 3.64. The smallest absolute Gasteiger partial charge is 0.347 e. The molecule has 0 spiro atoms. The van der Waals surface area contributed by atoms with Gasteiger partial charge < -0.3 is 15.2 Å². The first-order chi connectivity index (χ1) is 9.63. The molecule has 0 aliphatic heterocycles. The molecule has 0 aromatic heterocycles. The minimum absolute atomic E-state index is 0. The summed E-state index contributed by atoms with van der Waals surface area (Å²) in [5, 5.41) is 0. The molecule has 4 nitrogen and oxygen atoms in total. The first-order valence-corrected chi connectivity index (χ1v) is 7.34. The van der Waals surface area contributed by atoms with Crippen LogP contribution in [0.5, 0.6) is 5.75 Å². The molecule has 2 N–H and O–H groups in total. The number of fused-ring (bicyclic) bond motifs is 1. The van der Waals surface area contributed by atoms with Gasteiger partial charge in [0.05, 0.1) is 6.61 Å². The van der Waals surface area contributed by atoms with Crippen LogP contribution in [0.15, 0.2) is 18.2 Å². The molecule has 0 heterocycles. The summed E-state index contributed by atoms with van der Waals surface area (Å²) in [4.78, 5) is 11.8. The van der Waals surface area contributed by atoms with Gasteiger partial charge in [0.2, 0.25) is 0 Å². The average molecular weight is 314 g/mol. The van der Waals surface area contributed by atoms with Gasteiger partial charge in [0.25, 0.3) is 0 Å². The highest BCUT2D eigenvalue weighted by Crippen LogP contribution is 2.26. The number of hydrogen-bond donors (Lipinski definition) is 1. The van der Waals surface area contributed by atoms with Crippen molar-refractivity contribution >= 4 is 18.4 Å². The second-order valence-electron chi connectivity index (χ2n) is 5.20. The number of halogens is 1. The Kier molecular flexibility index (Phi) is 6.99. The molecular formula is C16H24ClNO3. The maximum Gasteiger partial charge on any atom is 0.347 e. The fourth-order valence-electron chi connectivity index (χ4n) is 2.53. The Hall–Kier alpha value is -1.26. The Morgan fingerprint density at radius 1 is 1.38 bits per heavy atom. The fraction of sp³-hybridized carbons (Fsp3) is 0.562. The Morgan fingerprint density at radius 3 is 2.81 bits per heavy atom. The van der Waals surface area contributed by atoms with Crippen LogP contribution in [-0.4, -0.2) is 24.7 Å². The summed E-state index contributed by atoms with van der Waals surface area (Å²) in [6.07, 6.45) is 2.99. The lowest BCUT2D eigenvalue weighted by atomic mass is 9.89. The van der Waals surface area contributed by atoms with E-state index in [0.29, 0.717) is 13.0 Å². The Balaban J connectivity index is 0.00000220. The number of benzene rings is 1. The zero-order valence-corrected chi connectivity index (χ0v) is 13.4. The number of ether oxygens (including phenoxy) is 2. The summed E-state index contributed by atoms with van der Waals surface area (Å²) in [5.41, 5.74) is 8.57. The monoisotopic (exact) mass is 313 g/mol. The molecule has 1 aliphatic rings. The van der Waals surface area contributed by atoms with Crippen LogP contribution >= 0.6 is 12.4 Å². The highest BCUT2D eigenvalue weighted by Gasteiger charge is 2.21. The number of aryl methyl sites for hydroxylation is 1. The van der Waals surface area contributed by atoms with Gasteiger partial charge in [-0.2, -0.15) is 0 Å². The standard InChI is InChI=1S/C16H23NO3.ClH/c1-3-15(16(18)19-4-2)20-14-8-6-11-5-7-13(17)9-12(11)10-14;/h6,8,10,13,15H,3-5,7,9,17H2,1-2H3;1H. The summed E-state index contributed by atoms with van der Waals surface area (Å²) in [6.45, 7) is 4.08. The topological polar surface area (TPSA) is 61.5 Å². The third-order valence-corrected chi connectivity index (χ3v) is 3.64. The lowest BCUT2D eigenvalue weighted by molar-refractivity contribution is -0.151. The molecule has 0 saturated heterocycles. The second-order valence-corrected chi connectivity index (χ2v) is 5.20. The van der Waals surface area contributed by atoms with Crippen LogP contribution in [-0.2, 0) is 22.4 Å². The predicted octanol–water partition coefficient (Wildman–Crippen LogP) is 2.64. The van der Waals surface area contributed by atoms with Crippen molar-refractivity contribution in [3.63, 3.8) is 0 Å². The van der Waals surface area contributed by atoms with E-state index in [1.807, 2.05) is 19.1 Å². The van der Waals surface area contributed by atoms with E-state index in [0.717, 1.165) is 25.0 Å². The van der Waals surface area contributed by atoms with Crippen molar-refractivity contribution in [1.29, 1.82) is 0 Å². The van der Waals surface area contributed by atoms with Gasteiger partial charge in [0, 0.05) is 6.04 Å². The van der Waals surface area contributed by atoms with E-state index in [-0.39, 0.29) is 24.4 Å². The normalized spacial score (nSPS) is 18.1. The zero-order valence-electron chi connectivity index (χ0n) is 12.6. The van der Waals surface area contributed by atoms with Crippen LogP contribution in [0.4, 0.5) is 0 Å². The SMILES string of the molecule is CCOC(=O)C(CC)Oc1ccc2c(c1)CC(N)CC2.Cl. The predicted molar refractivity (Wildman–Crippen MR) is 85.0 cm³/mol. The number of carbonyl (C=O) groups excluding carboxylic acids is 1. The van der Waals surface area contributed by atoms with Crippen molar-refractivity contribution in [2.45, 2.75) is 51.7 Å². The maximum atomic E-state index is 11.8. The Bertz CT molecular complexity index is 479. The molecule has 0 radical (unpaired) electrons. The number of hydrogen-bond acceptors (Lipinski definition) is 4. The van der Waals surface area contributed by atoms with Crippen molar-refractivity contribution in [3.8, 4) is 5.75 Å². The lowest BCUT2D eigenvalue weighted by Gasteiger charge is -2.23. The van der Waals surface area contributed by atoms with Crippen molar-refractivity contribution in [2.24, 2.45) is 5.73 Å². The van der Waals surface area contributed by atoms with Crippen molar-refractivity contribution in [2.75, 3.05) is 6.61 Å². The molecular weight excluding hydrogens is 290 g/mol. The van der Waals surface area contributed by atoms with Gasteiger partial charge in [-0.1, -0.05) is 13.0 Å². The molecule has 0 amide bonds. The summed E-state index contributed by atoms with van der Waals surface area (Å²) in [6, 6.07) is 6.24. The van der Waals surface area contributed by atoms with Gasteiger partial charge in [-0.15, -0.1) is 12.4 Å². The maximum absolute atomic E-state index is 11.8. The molecule has 5 heteroatoms. The summed E-state index contributed by atoms with van der Waals surface area (Å²) < 4.78 is 10.8. The van der Waals surface area contributed by atoms with Crippen LogP contribution in [0.3, 0.4) is 0 Å². The molecule has 2 atom stereocenters. The summed E-state index contributed by atoms with van der Waals surface area (Å²) in [5.74, 6) is 0.419. The molecule has 0 saturated carbocycles. The molecule has 0 fully saturated rings. The van der Waals surface area contributed by atoms with E-state index in [9.17, 15) is 4.79 Å². The minimum Gasteiger partial charge on any atom is -0.479 e. The molecule has 2 rings (SSSR count). The van der Waals surface area contributed by atoms with Crippen LogP contribution in [0.25, 0.3) is 0 Å². The largest absolute Gasteiger partial charge is 0.479 e. The number of carbonyl (C=O) groups is 1. The number of esters is 1. The lowest BCUT2D eigenvalue weighted by Crippen LogP contribution is -2.29. The molecule has 0 bridgehead atoms. The summed E-state index contributed by atoms with van der Waals surface area (Å²) >= 11 is 0. The highest BCUT2D eigenvalue weighted by atomic mass is 35.5. The van der Waals surface area contributed by atoms with E-state index in [4.69, 9.17) is 15.2 Å². The van der Waals surface area contributed by atoms with Crippen LogP contribution in [0.2, 0.25) is 0 Å². The first-order valence-electron chi connectivity index (χ1n) is 7.34. The van der Waals surface area contributed by atoms with E-state index in [2.05, 4.69) is 6.07 Å². The van der Waals surface area contributed by atoms with Crippen LogP contribution < -0.4 is 10.5 Å². The highest BCUT2D eigenvalue weighted by molar-refractivity contribution is 5.85. The van der Waals surface area contributed by atoms with Crippen molar-refractivity contribution < 1.29 is 14.3 Å². The molecule has 1 aromatic carbocycles. The summed E-state index contributed by atoms with van der Waals surface area (Å²) in [7, 11) is 0. The van der Waals surface area contributed by atoms with E-state index in [1.165, 1.54) is 11.1 Å². The molecule has 21 heavy (non-hydrogen) atoms. The van der Waals surface area contributed by atoms with Crippen LogP contribution in [0, 0.1) is 0 Å². The van der Waals surface area contributed by atoms with Gasteiger partial charge in [-0.05, 0) is 55.9 Å². The quantitative estimate of drug-likeness (QED) is 0.849. The number of rotatable bonds is 5. The minimum atomic E-state index is -0.537. The van der Waals surface area contributed by atoms with E-state index in [1.54, 1.807) is 6.92 Å². The first kappa shape index (κ1) is 17.8. The molecule has 1 aliphatic carbocycles. The second kappa shape index (κ2) is 8.25. The molecule has 2 unspecified atom stereocenters. The zero-order chi connectivity index (χ0) is 14.5. The Morgan fingerprint density at radius 2 is 2.14 bits per heavy atom. The number of nitrogens with two attached hydrogens (primary N) is 1. The van der Waals surface area contributed by atoms with E-state index < -0.39 is 6.10 Å². The fourth-order valence-corrected chi connectivity index (χ4v) is 2.53. The van der Waals surface area contributed by atoms with Gasteiger partial charge in [-0.3, -0.25) is 0 Å².